The lowest BCUT2D eigenvalue weighted by molar-refractivity contribution is -0.136. The number of carbonyl (C=O) groups is 2. The van der Waals surface area contributed by atoms with Gasteiger partial charge in [-0.2, -0.15) is 0 Å². The van der Waals surface area contributed by atoms with Crippen LogP contribution >= 0.6 is 0 Å². The normalized spacial score (nSPS) is 12.1. The van der Waals surface area contributed by atoms with Crippen LogP contribution in [0.2, 0.25) is 0 Å². The summed E-state index contributed by atoms with van der Waals surface area (Å²) in [5.74, 6) is -1.14. The number of sulfone groups is 1. The molecule has 0 saturated carbocycles. The highest BCUT2D eigenvalue weighted by Gasteiger charge is 2.26. The van der Waals surface area contributed by atoms with Gasteiger partial charge in [-0.1, -0.05) is 0 Å². The quantitative estimate of drug-likeness (QED) is 0.523. The number of rotatable bonds is 7. The number of anilines is 1. The number of carbonyl (C=O) groups excluding carboxylic acids is 1. The average Bonchev–Trinajstić information content (AvgIpc) is 2.93. The lowest BCUT2D eigenvalue weighted by Crippen LogP contribution is -2.15. The van der Waals surface area contributed by atoms with Crippen LogP contribution in [0.3, 0.4) is 0 Å². The van der Waals surface area contributed by atoms with Crippen LogP contribution in [0.4, 0.5) is 5.69 Å². The van der Waals surface area contributed by atoms with Crippen molar-refractivity contribution in [2.45, 2.75) is 23.1 Å². The lowest BCUT2D eigenvalue weighted by atomic mass is 10.1. The van der Waals surface area contributed by atoms with Gasteiger partial charge in [0.1, 0.15) is 0 Å². The summed E-state index contributed by atoms with van der Waals surface area (Å²) in [5, 5.41) is 12.1. The Hall–Kier alpha value is -3.18. The summed E-state index contributed by atoms with van der Waals surface area (Å²) < 4.78 is 51.0. The van der Waals surface area contributed by atoms with Crippen LogP contribution in [-0.2, 0) is 35.9 Å². The van der Waals surface area contributed by atoms with Gasteiger partial charge in [-0.25, -0.2) is 20.8 Å². The summed E-state index contributed by atoms with van der Waals surface area (Å²) in [7, 11) is -7.65. The van der Waals surface area contributed by atoms with E-state index in [1.807, 2.05) is 0 Å². The molecule has 0 aliphatic carbocycles. The molecule has 0 unspecified atom stereocenters. The Morgan fingerprint density at radius 1 is 1.07 bits per heavy atom. The highest BCUT2D eigenvalue weighted by atomic mass is 32.2. The van der Waals surface area contributed by atoms with Crippen molar-refractivity contribution >= 4 is 48.8 Å². The molecule has 0 bridgehead atoms. The monoisotopic (exact) mass is 450 g/mol. The molecule has 0 aliphatic heterocycles. The topological polar surface area (TPSA) is 140 Å². The lowest BCUT2D eigenvalue weighted by Gasteiger charge is -2.11. The highest BCUT2D eigenvalue weighted by molar-refractivity contribution is 7.91. The van der Waals surface area contributed by atoms with E-state index in [0.717, 1.165) is 10.2 Å². The van der Waals surface area contributed by atoms with Crippen molar-refractivity contribution in [1.82, 2.24) is 3.97 Å². The second-order valence-corrected chi connectivity index (χ2v) is 10.4. The minimum Gasteiger partial charge on any atom is -0.481 e. The van der Waals surface area contributed by atoms with Gasteiger partial charge in [0.25, 0.3) is 10.0 Å². The first kappa shape index (κ1) is 21.5. The number of carboxylic acids is 1. The SMILES string of the molecule is Cc1c(CC(=O)O)c2cc(NC=O)ccc2n1S(=O)(=O)c1ccc(S(C)(=O)=O)cc1. The number of nitrogens with one attached hydrogen (secondary N) is 1. The maximum atomic E-state index is 13.3. The summed E-state index contributed by atoms with van der Waals surface area (Å²) >= 11 is 0. The van der Waals surface area contributed by atoms with E-state index in [1.54, 1.807) is 0 Å². The van der Waals surface area contributed by atoms with Gasteiger partial charge in [-0.3, -0.25) is 9.59 Å². The molecule has 9 nitrogen and oxygen atoms in total. The smallest absolute Gasteiger partial charge is 0.307 e. The van der Waals surface area contributed by atoms with Gasteiger partial charge in [-0.05, 0) is 55.0 Å². The molecule has 0 fully saturated rings. The van der Waals surface area contributed by atoms with E-state index in [1.165, 1.54) is 49.4 Å². The standard InChI is InChI=1S/C19H18N2O7S2/c1-12-16(10-19(23)24)17-9-13(20-11-22)3-8-18(17)21(12)30(27,28)15-6-4-14(5-7-15)29(2,25)26/h3-9,11H,10H2,1-2H3,(H,20,22)(H,23,24). The first-order chi connectivity index (χ1) is 14.0. The molecule has 0 aliphatic rings. The van der Waals surface area contributed by atoms with E-state index < -0.39 is 32.3 Å². The first-order valence-electron chi connectivity index (χ1n) is 8.58. The van der Waals surface area contributed by atoms with E-state index >= 15 is 0 Å². The summed E-state index contributed by atoms with van der Waals surface area (Å²) in [6, 6.07) is 9.27. The fourth-order valence-corrected chi connectivity index (χ4v) is 5.47. The van der Waals surface area contributed by atoms with E-state index in [4.69, 9.17) is 0 Å². The number of aromatic nitrogens is 1. The summed E-state index contributed by atoms with van der Waals surface area (Å²) in [5.41, 5.74) is 1.13. The number of fused-ring (bicyclic) bond motifs is 1. The molecule has 0 atom stereocenters. The zero-order valence-electron chi connectivity index (χ0n) is 16.0. The van der Waals surface area contributed by atoms with Crippen LogP contribution < -0.4 is 5.32 Å². The Balaban J connectivity index is 2.27. The summed E-state index contributed by atoms with van der Waals surface area (Å²) in [6.07, 6.45) is 1.06. The number of aliphatic carboxylic acids is 1. The zero-order valence-corrected chi connectivity index (χ0v) is 17.6. The molecule has 2 N–H and O–H groups in total. The maximum absolute atomic E-state index is 13.3. The van der Waals surface area contributed by atoms with Gasteiger partial charge >= 0.3 is 5.97 Å². The molecule has 0 saturated heterocycles. The molecule has 1 amide bonds. The summed E-state index contributed by atoms with van der Waals surface area (Å²) in [4.78, 5) is 21.9. The molecule has 0 spiro atoms. The van der Waals surface area contributed by atoms with Crippen molar-refractivity contribution in [3.63, 3.8) is 0 Å². The predicted molar refractivity (Wildman–Crippen MR) is 110 cm³/mol. The van der Waals surface area contributed by atoms with Gasteiger partial charge < -0.3 is 10.4 Å². The Morgan fingerprint density at radius 2 is 1.67 bits per heavy atom. The number of carboxylic acid groups (broad SMARTS) is 1. The van der Waals surface area contributed by atoms with Crippen LogP contribution in [0.25, 0.3) is 10.9 Å². The second kappa shape index (κ2) is 7.58. The molecule has 3 rings (SSSR count). The Kier molecular flexibility index (Phi) is 5.44. The molecule has 1 heterocycles. The number of hydrogen-bond donors (Lipinski definition) is 2. The minimum atomic E-state index is -4.16. The Morgan fingerprint density at radius 3 is 2.20 bits per heavy atom. The van der Waals surface area contributed by atoms with Crippen molar-refractivity contribution in [3.8, 4) is 0 Å². The molecule has 2 aromatic carbocycles. The Bertz CT molecular complexity index is 1370. The van der Waals surface area contributed by atoms with Crippen molar-refractivity contribution in [3.05, 3.63) is 53.7 Å². The number of hydrogen-bond acceptors (Lipinski definition) is 6. The molecular formula is C19H18N2O7S2. The molecule has 11 heteroatoms. The molecule has 1 aromatic heterocycles. The van der Waals surface area contributed by atoms with Crippen molar-refractivity contribution in [2.24, 2.45) is 0 Å². The van der Waals surface area contributed by atoms with E-state index in [-0.39, 0.29) is 21.0 Å². The van der Waals surface area contributed by atoms with Crippen LogP contribution in [0.1, 0.15) is 11.3 Å². The molecular weight excluding hydrogens is 432 g/mol. The van der Waals surface area contributed by atoms with Gasteiger partial charge in [-0.15, -0.1) is 0 Å². The average molecular weight is 450 g/mol. The van der Waals surface area contributed by atoms with Crippen LogP contribution in [0.5, 0.6) is 0 Å². The van der Waals surface area contributed by atoms with E-state index in [2.05, 4.69) is 5.32 Å². The number of nitrogens with zero attached hydrogens (tertiary/aromatic N) is 1. The molecule has 0 radical (unpaired) electrons. The summed E-state index contributed by atoms with van der Waals surface area (Å²) in [6.45, 7) is 1.49. The third-order valence-corrected chi connectivity index (χ3v) is 7.57. The molecule has 158 valence electrons. The van der Waals surface area contributed by atoms with Crippen molar-refractivity contribution in [1.29, 1.82) is 0 Å². The Labute approximate surface area is 172 Å². The van der Waals surface area contributed by atoms with Crippen LogP contribution in [0, 0.1) is 6.92 Å². The molecule has 3 aromatic rings. The third-order valence-electron chi connectivity index (χ3n) is 4.63. The fraction of sp³-hybridized carbons (Fsp3) is 0.158. The van der Waals surface area contributed by atoms with Crippen molar-refractivity contribution < 1.29 is 31.5 Å². The van der Waals surface area contributed by atoms with Crippen LogP contribution in [0.15, 0.2) is 52.3 Å². The molecule has 30 heavy (non-hydrogen) atoms. The van der Waals surface area contributed by atoms with Crippen molar-refractivity contribution in [2.75, 3.05) is 11.6 Å². The van der Waals surface area contributed by atoms with E-state index in [9.17, 15) is 31.5 Å². The fourth-order valence-electron chi connectivity index (χ4n) is 3.26. The largest absolute Gasteiger partial charge is 0.481 e. The number of amides is 1. The van der Waals surface area contributed by atoms with Gasteiger partial charge in [0.15, 0.2) is 9.84 Å². The minimum absolute atomic E-state index is 0.0216. The predicted octanol–water partition coefficient (Wildman–Crippen LogP) is 1.79. The highest BCUT2D eigenvalue weighted by Crippen LogP contribution is 2.32. The third kappa shape index (κ3) is 3.81. The first-order valence-corrected chi connectivity index (χ1v) is 11.9. The van der Waals surface area contributed by atoms with Gasteiger partial charge in [0.2, 0.25) is 6.41 Å². The second-order valence-electron chi connectivity index (χ2n) is 6.64. The van der Waals surface area contributed by atoms with Gasteiger partial charge in [0.05, 0.1) is 21.7 Å². The zero-order chi connectivity index (χ0) is 22.3. The maximum Gasteiger partial charge on any atom is 0.307 e. The van der Waals surface area contributed by atoms with Crippen LogP contribution in [-0.4, -0.2) is 44.5 Å². The number of benzene rings is 2. The van der Waals surface area contributed by atoms with Gasteiger partial charge in [0, 0.05) is 23.0 Å². The van der Waals surface area contributed by atoms with E-state index in [0.29, 0.717) is 23.0 Å².